The number of anilines is 1. The molecule has 38 heavy (non-hydrogen) atoms. The molecule has 3 heterocycles. The molecule has 4 atom stereocenters. The van der Waals surface area contributed by atoms with Gasteiger partial charge in [0.05, 0.1) is 23.8 Å². The first-order chi connectivity index (χ1) is 18.3. The lowest BCUT2D eigenvalue weighted by atomic mass is 9.76. The van der Waals surface area contributed by atoms with Gasteiger partial charge in [-0.05, 0) is 49.4 Å². The highest BCUT2D eigenvalue weighted by Crippen LogP contribution is 2.51. The van der Waals surface area contributed by atoms with Crippen LogP contribution in [0.4, 0.5) is 23.7 Å². The topological polar surface area (TPSA) is 79.9 Å². The van der Waals surface area contributed by atoms with Gasteiger partial charge in [-0.15, -0.1) is 0 Å². The standard InChI is InChI=1S/C28H32F3N3O4/c29-28(30,31)19-9-12-23-22(16-19)26-21(25(33-23)18-6-2-1-3-7-18)11-10-20(38-26)17-37-27(36)32-13-5-15-34-14-4-8-24(34)35/h1-3,6-7,9,12,16,20-21,25-26,33H,4-5,8,10-11,13-15,17H2,(H,32,36)/t20-,21+,25+,26+/m1/s1. The fraction of sp³-hybridized carbons (Fsp3) is 0.500. The van der Waals surface area contributed by atoms with Crippen LogP contribution in [0.25, 0.3) is 0 Å². The zero-order chi connectivity index (χ0) is 26.7. The average molecular weight is 532 g/mol. The van der Waals surface area contributed by atoms with Crippen LogP contribution in [-0.2, 0) is 20.4 Å². The number of alkyl halides is 3. The molecule has 3 aliphatic heterocycles. The van der Waals surface area contributed by atoms with E-state index in [1.165, 1.54) is 12.1 Å². The molecule has 2 aromatic carbocycles. The van der Waals surface area contributed by atoms with Gasteiger partial charge in [-0.25, -0.2) is 4.79 Å². The van der Waals surface area contributed by atoms with Gasteiger partial charge in [-0.2, -0.15) is 13.2 Å². The molecule has 2 N–H and O–H groups in total. The second-order valence-corrected chi connectivity index (χ2v) is 10.1. The Morgan fingerprint density at radius 1 is 1.16 bits per heavy atom. The fourth-order valence-electron chi connectivity index (χ4n) is 5.67. The van der Waals surface area contributed by atoms with Gasteiger partial charge in [-0.3, -0.25) is 4.79 Å². The molecule has 0 saturated carbocycles. The number of fused-ring (bicyclic) bond motifs is 3. The van der Waals surface area contributed by atoms with Gasteiger partial charge >= 0.3 is 12.3 Å². The number of carbonyl (C=O) groups excluding carboxylic acids is 2. The highest BCUT2D eigenvalue weighted by atomic mass is 19.4. The van der Waals surface area contributed by atoms with E-state index in [0.717, 1.165) is 24.6 Å². The number of ether oxygens (including phenoxy) is 2. The molecule has 2 amide bonds. The van der Waals surface area contributed by atoms with Gasteiger partial charge in [0.15, 0.2) is 0 Å². The minimum absolute atomic E-state index is 0.0113. The van der Waals surface area contributed by atoms with Crippen molar-refractivity contribution in [3.05, 3.63) is 65.2 Å². The van der Waals surface area contributed by atoms with Crippen LogP contribution in [0.2, 0.25) is 0 Å². The number of benzene rings is 2. The Labute approximate surface area is 219 Å². The Hall–Kier alpha value is -3.27. The molecule has 2 aromatic rings. The zero-order valence-electron chi connectivity index (χ0n) is 21.0. The second kappa shape index (κ2) is 11.2. The molecule has 0 bridgehead atoms. The van der Waals surface area contributed by atoms with Gasteiger partial charge in [0, 0.05) is 43.2 Å². The molecule has 0 aliphatic carbocycles. The molecule has 204 valence electrons. The number of carbonyl (C=O) groups is 2. The largest absolute Gasteiger partial charge is 0.447 e. The van der Waals surface area contributed by atoms with Crippen molar-refractivity contribution in [2.45, 2.75) is 56.5 Å². The maximum atomic E-state index is 13.5. The van der Waals surface area contributed by atoms with E-state index in [4.69, 9.17) is 9.47 Å². The second-order valence-electron chi connectivity index (χ2n) is 10.1. The third-order valence-corrected chi connectivity index (χ3v) is 7.58. The molecule has 7 nitrogen and oxygen atoms in total. The SMILES string of the molecule is O=C(NCCCN1CCCC1=O)OC[C@H]1CC[C@@H]2[C@H](O1)c1cc(C(F)(F)F)ccc1N[C@H]2c1ccccc1. The lowest BCUT2D eigenvalue weighted by molar-refractivity contribution is -0.138. The van der Waals surface area contributed by atoms with Crippen LogP contribution >= 0.6 is 0 Å². The zero-order valence-corrected chi connectivity index (χ0v) is 21.0. The third kappa shape index (κ3) is 5.90. The summed E-state index contributed by atoms with van der Waals surface area (Å²) in [6.07, 6.45) is -2.62. The van der Waals surface area contributed by atoms with Crippen molar-refractivity contribution >= 4 is 17.7 Å². The molecule has 5 rings (SSSR count). The summed E-state index contributed by atoms with van der Waals surface area (Å²) in [4.78, 5) is 25.7. The van der Waals surface area contributed by atoms with Crippen LogP contribution in [0.15, 0.2) is 48.5 Å². The van der Waals surface area contributed by atoms with Crippen molar-refractivity contribution in [3.8, 4) is 0 Å². The highest BCUT2D eigenvalue weighted by molar-refractivity contribution is 5.78. The Bertz CT molecular complexity index is 1140. The maximum Gasteiger partial charge on any atom is 0.416 e. The summed E-state index contributed by atoms with van der Waals surface area (Å²) in [6.45, 7) is 1.76. The van der Waals surface area contributed by atoms with E-state index in [-0.39, 0.29) is 24.5 Å². The first kappa shape index (κ1) is 26.3. The predicted octanol–water partition coefficient (Wildman–Crippen LogP) is 5.45. The number of alkyl carbamates (subject to hydrolysis) is 1. The van der Waals surface area contributed by atoms with Crippen LogP contribution in [0, 0.1) is 5.92 Å². The number of halogens is 3. The highest BCUT2D eigenvalue weighted by Gasteiger charge is 2.43. The number of likely N-dealkylation sites (tertiary alicyclic amines) is 1. The van der Waals surface area contributed by atoms with Gasteiger partial charge < -0.3 is 25.0 Å². The molecule has 0 unspecified atom stereocenters. The summed E-state index contributed by atoms with van der Waals surface area (Å²) in [7, 11) is 0. The minimum Gasteiger partial charge on any atom is -0.447 e. The Morgan fingerprint density at radius 3 is 2.71 bits per heavy atom. The molecule has 0 radical (unpaired) electrons. The quantitative estimate of drug-likeness (QED) is 0.465. The van der Waals surface area contributed by atoms with Crippen molar-refractivity contribution in [1.82, 2.24) is 10.2 Å². The van der Waals surface area contributed by atoms with E-state index in [0.29, 0.717) is 50.0 Å². The number of rotatable bonds is 7. The van der Waals surface area contributed by atoms with E-state index in [1.807, 2.05) is 30.3 Å². The van der Waals surface area contributed by atoms with E-state index in [2.05, 4.69) is 10.6 Å². The van der Waals surface area contributed by atoms with Crippen molar-refractivity contribution in [2.24, 2.45) is 5.92 Å². The minimum atomic E-state index is -4.46. The van der Waals surface area contributed by atoms with Crippen molar-refractivity contribution in [1.29, 1.82) is 0 Å². The smallest absolute Gasteiger partial charge is 0.416 e. The molecule has 2 saturated heterocycles. The Balaban J connectivity index is 1.22. The summed E-state index contributed by atoms with van der Waals surface area (Å²) >= 11 is 0. The van der Waals surface area contributed by atoms with Crippen molar-refractivity contribution < 1.29 is 32.2 Å². The third-order valence-electron chi connectivity index (χ3n) is 7.58. The van der Waals surface area contributed by atoms with Crippen LogP contribution in [0.1, 0.15) is 60.9 Å². The lowest BCUT2D eigenvalue weighted by Gasteiger charge is -2.45. The van der Waals surface area contributed by atoms with Gasteiger partial charge in [0.2, 0.25) is 5.91 Å². The van der Waals surface area contributed by atoms with Gasteiger partial charge in [-0.1, -0.05) is 30.3 Å². The molecular formula is C28H32F3N3O4. The van der Waals surface area contributed by atoms with E-state index >= 15 is 0 Å². The van der Waals surface area contributed by atoms with Gasteiger partial charge in [0.1, 0.15) is 6.61 Å². The molecule has 3 aliphatic rings. The molecular weight excluding hydrogens is 499 g/mol. The monoisotopic (exact) mass is 531 g/mol. The first-order valence-corrected chi connectivity index (χ1v) is 13.2. The van der Waals surface area contributed by atoms with E-state index in [9.17, 15) is 22.8 Å². The van der Waals surface area contributed by atoms with Crippen molar-refractivity contribution in [2.75, 3.05) is 31.6 Å². The molecule has 0 spiro atoms. The summed E-state index contributed by atoms with van der Waals surface area (Å²) in [5.41, 5.74) is 1.42. The van der Waals surface area contributed by atoms with Crippen molar-refractivity contribution in [3.63, 3.8) is 0 Å². The Morgan fingerprint density at radius 2 is 1.97 bits per heavy atom. The number of hydrogen-bond donors (Lipinski definition) is 2. The number of amides is 2. The molecule has 2 fully saturated rings. The number of nitrogens with zero attached hydrogens (tertiary/aromatic N) is 1. The lowest BCUT2D eigenvalue weighted by Crippen LogP contribution is -2.41. The predicted molar refractivity (Wildman–Crippen MR) is 134 cm³/mol. The molecule has 0 aromatic heterocycles. The normalized spacial score (nSPS) is 24.8. The maximum absolute atomic E-state index is 13.5. The van der Waals surface area contributed by atoms with Crippen LogP contribution < -0.4 is 10.6 Å². The van der Waals surface area contributed by atoms with Crippen LogP contribution in [-0.4, -0.2) is 49.2 Å². The Kier molecular flexibility index (Phi) is 7.78. The van der Waals surface area contributed by atoms with Crippen LogP contribution in [0.5, 0.6) is 0 Å². The number of nitrogens with one attached hydrogen (secondary N) is 2. The summed E-state index contributed by atoms with van der Waals surface area (Å²) < 4.78 is 52.2. The fourth-order valence-corrected chi connectivity index (χ4v) is 5.67. The number of hydrogen-bond acceptors (Lipinski definition) is 5. The summed E-state index contributed by atoms with van der Waals surface area (Å²) in [5.74, 6) is 0.0726. The van der Waals surface area contributed by atoms with Crippen LogP contribution in [0.3, 0.4) is 0 Å². The van der Waals surface area contributed by atoms with Gasteiger partial charge in [0.25, 0.3) is 0 Å². The first-order valence-electron chi connectivity index (χ1n) is 13.2. The summed E-state index contributed by atoms with van der Waals surface area (Å²) in [5, 5.41) is 6.14. The van der Waals surface area contributed by atoms with E-state index in [1.54, 1.807) is 4.90 Å². The van der Waals surface area contributed by atoms with E-state index < -0.39 is 30.0 Å². The summed E-state index contributed by atoms with van der Waals surface area (Å²) in [6, 6.07) is 13.4. The molecule has 10 heteroatoms. The average Bonchev–Trinajstić information content (AvgIpc) is 3.33.